The van der Waals surface area contributed by atoms with Crippen LogP contribution < -0.4 is 15.8 Å². The molecule has 0 fully saturated rings. The minimum Gasteiger partial charge on any atom is -0.493 e. The van der Waals surface area contributed by atoms with E-state index in [1.165, 1.54) is 0 Å². The number of benzene rings is 2. The first-order chi connectivity index (χ1) is 15.6. The lowest BCUT2D eigenvalue weighted by Crippen LogP contribution is -2.50. The molecule has 0 aliphatic heterocycles. The van der Waals surface area contributed by atoms with Crippen molar-refractivity contribution in [2.75, 3.05) is 6.61 Å². The molecule has 1 unspecified atom stereocenters. The SMILES string of the molecule is Cc1oc(-c2ccccc2)nc1CCOc1ccc(CC(NC(=O)C(F)(F)F)C(N)=O)cc1. The third kappa shape index (κ3) is 6.58. The number of primary amides is 1. The normalized spacial score (nSPS) is 12.2. The van der Waals surface area contributed by atoms with E-state index in [4.69, 9.17) is 14.9 Å². The predicted molar refractivity (Wildman–Crippen MR) is 113 cm³/mol. The number of ether oxygens (including phenoxy) is 1. The molecule has 0 aliphatic rings. The summed E-state index contributed by atoms with van der Waals surface area (Å²) >= 11 is 0. The van der Waals surface area contributed by atoms with Gasteiger partial charge in [-0.05, 0) is 36.8 Å². The van der Waals surface area contributed by atoms with E-state index in [2.05, 4.69) is 4.98 Å². The molecule has 0 aliphatic carbocycles. The number of amides is 2. The Balaban J connectivity index is 1.54. The topological polar surface area (TPSA) is 107 Å². The molecule has 174 valence electrons. The highest BCUT2D eigenvalue weighted by Crippen LogP contribution is 2.22. The Bertz CT molecular complexity index is 1100. The van der Waals surface area contributed by atoms with Gasteiger partial charge in [0.1, 0.15) is 17.6 Å². The molecule has 33 heavy (non-hydrogen) atoms. The Labute approximate surface area is 187 Å². The van der Waals surface area contributed by atoms with Crippen LogP contribution in [0.3, 0.4) is 0 Å². The predicted octanol–water partition coefficient (Wildman–Crippen LogP) is 3.35. The average molecular weight is 461 g/mol. The molecule has 10 heteroatoms. The molecule has 0 saturated heterocycles. The number of nitrogens with one attached hydrogen (secondary N) is 1. The Hall–Kier alpha value is -3.82. The molecule has 2 aromatic carbocycles. The van der Waals surface area contributed by atoms with Crippen LogP contribution in [0, 0.1) is 6.92 Å². The molecule has 1 heterocycles. The summed E-state index contributed by atoms with van der Waals surface area (Å²) in [6.45, 7) is 2.16. The third-order valence-electron chi connectivity index (χ3n) is 4.79. The second-order valence-corrected chi connectivity index (χ2v) is 7.26. The molecule has 0 bridgehead atoms. The monoisotopic (exact) mass is 461 g/mol. The summed E-state index contributed by atoms with van der Waals surface area (Å²) in [6.07, 6.45) is -4.77. The molecule has 1 aromatic heterocycles. The van der Waals surface area contributed by atoms with Crippen molar-refractivity contribution in [1.82, 2.24) is 10.3 Å². The number of carbonyl (C=O) groups is 2. The van der Waals surface area contributed by atoms with Crippen LogP contribution in [0.25, 0.3) is 11.5 Å². The second-order valence-electron chi connectivity index (χ2n) is 7.26. The first kappa shape index (κ1) is 23.8. The number of nitrogens with zero attached hydrogens (tertiary/aromatic N) is 1. The molecule has 0 radical (unpaired) electrons. The maximum Gasteiger partial charge on any atom is 0.471 e. The van der Waals surface area contributed by atoms with Gasteiger partial charge in [-0.1, -0.05) is 30.3 Å². The van der Waals surface area contributed by atoms with E-state index in [9.17, 15) is 22.8 Å². The number of rotatable bonds is 9. The zero-order valence-electron chi connectivity index (χ0n) is 17.7. The highest BCUT2D eigenvalue weighted by Gasteiger charge is 2.40. The van der Waals surface area contributed by atoms with Gasteiger partial charge in [-0.25, -0.2) is 4.98 Å². The van der Waals surface area contributed by atoms with Gasteiger partial charge in [-0.15, -0.1) is 0 Å². The number of carbonyl (C=O) groups excluding carboxylic acids is 2. The highest BCUT2D eigenvalue weighted by molar-refractivity contribution is 5.89. The van der Waals surface area contributed by atoms with E-state index in [1.807, 2.05) is 37.3 Å². The van der Waals surface area contributed by atoms with Crippen molar-refractivity contribution in [3.63, 3.8) is 0 Å². The number of alkyl halides is 3. The molecule has 3 rings (SSSR count). The lowest BCUT2D eigenvalue weighted by molar-refractivity contribution is -0.174. The maximum atomic E-state index is 12.4. The lowest BCUT2D eigenvalue weighted by atomic mass is 10.1. The van der Waals surface area contributed by atoms with Crippen LogP contribution in [0.2, 0.25) is 0 Å². The Morgan fingerprint density at radius 3 is 2.39 bits per heavy atom. The molecule has 2 amide bonds. The summed E-state index contributed by atoms with van der Waals surface area (Å²) in [5.41, 5.74) is 7.28. The Kier molecular flexibility index (Phi) is 7.37. The third-order valence-corrected chi connectivity index (χ3v) is 4.79. The van der Waals surface area contributed by atoms with Crippen molar-refractivity contribution in [1.29, 1.82) is 0 Å². The summed E-state index contributed by atoms with van der Waals surface area (Å²) < 4.78 is 48.7. The van der Waals surface area contributed by atoms with Crippen molar-refractivity contribution in [3.8, 4) is 17.2 Å². The molecule has 3 N–H and O–H groups in total. The number of aromatic nitrogens is 1. The minimum atomic E-state index is -5.10. The van der Waals surface area contributed by atoms with Gasteiger partial charge in [0.2, 0.25) is 11.8 Å². The van der Waals surface area contributed by atoms with Gasteiger partial charge < -0.3 is 20.2 Å². The number of nitrogens with two attached hydrogens (primary N) is 1. The van der Waals surface area contributed by atoms with Gasteiger partial charge in [-0.3, -0.25) is 9.59 Å². The van der Waals surface area contributed by atoms with Crippen molar-refractivity contribution in [2.24, 2.45) is 5.73 Å². The van der Waals surface area contributed by atoms with E-state index >= 15 is 0 Å². The van der Waals surface area contributed by atoms with Crippen LogP contribution >= 0.6 is 0 Å². The average Bonchev–Trinajstić information content (AvgIpc) is 3.14. The number of aryl methyl sites for hydroxylation is 1. The van der Waals surface area contributed by atoms with Gasteiger partial charge in [0, 0.05) is 18.4 Å². The van der Waals surface area contributed by atoms with Gasteiger partial charge in [0.15, 0.2) is 0 Å². The Morgan fingerprint density at radius 2 is 1.79 bits per heavy atom. The molecular weight excluding hydrogens is 439 g/mol. The zero-order chi connectivity index (χ0) is 24.0. The Morgan fingerprint density at radius 1 is 1.12 bits per heavy atom. The molecule has 0 saturated carbocycles. The van der Waals surface area contributed by atoms with Crippen molar-refractivity contribution >= 4 is 11.8 Å². The van der Waals surface area contributed by atoms with Crippen LogP contribution in [0.4, 0.5) is 13.2 Å². The van der Waals surface area contributed by atoms with Crippen LogP contribution in [0.15, 0.2) is 59.0 Å². The number of oxazole rings is 1. The van der Waals surface area contributed by atoms with Gasteiger partial charge in [0.25, 0.3) is 0 Å². The summed E-state index contributed by atoms with van der Waals surface area (Å²) in [5, 5.41) is 1.61. The largest absolute Gasteiger partial charge is 0.493 e. The molecule has 3 aromatic rings. The fraction of sp³-hybridized carbons (Fsp3) is 0.261. The van der Waals surface area contributed by atoms with E-state index in [-0.39, 0.29) is 6.42 Å². The van der Waals surface area contributed by atoms with Crippen LogP contribution in [0.5, 0.6) is 5.75 Å². The van der Waals surface area contributed by atoms with Gasteiger partial charge in [-0.2, -0.15) is 13.2 Å². The fourth-order valence-electron chi connectivity index (χ4n) is 3.05. The first-order valence-electron chi connectivity index (χ1n) is 10.0. The van der Waals surface area contributed by atoms with E-state index in [0.717, 1.165) is 11.3 Å². The van der Waals surface area contributed by atoms with Crippen LogP contribution in [0.1, 0.15) is 17.0 Å². The summed E-state index contributed by atoms with van der Waals surface area (Å²) in [6, 6.07) is 14.4. The summed E-state index contributed by atoms with van der Waals surface area (Å²) in [4.78, 5) is 27.0. The lowest BCUT2D eigenvalue weighted by Gasteiger charge is -2.17. The van der Waals surface area contributed by atoms with Gasteiger partial charge >= 0.3 is 12.1 Å². The first-order valence-corrected chi connectivity index (χ1v) is 10.0. The van der Waals surface area contributed by atoms with Crippen molar-refractivity contribution < 1.29 is 31.9 Å². The molecule has 7 nitrogen and oxygen atoms in total. The van der Waals surface area contributed by atoms with Crippen LogP contribution in [-0.2, 0) is 22.4 Å². The van der Waals surface area contributed by atoms with Crippen molar-refractivity contribution in [2.45, 2.75) is 32.0 Å². The number of hydrogen-bond acceptors (Lipinski definition) is 5. The highest BCUT2D eigenvalue weighted by atomic mass is 19.4. The minimum absolute atomic E-state index is 0.183. The molecular formula is C23H22F3N3O4. The smallest absolute Gasteiger partial charge is 0.471 e. The van der Waals surface area contributed by atoms with Crippen molar-refractivity contribution in [3.05, 3.63) is 71.6 Å². The van der Waals surface area contributed by atoms with Gasteiger partial charge in [0.05, 0.1) is 12.3 Å². The maximum absolute atomic E-state index is 12.4. The second kappa shape index (κ2) is 10.2. The fourth-order valence-corrected chi connectivity index (χ4v) is 3.05. The molecule has 0 spiro atoms. The van der Waals surface area contributed by atoms with E-state index in [0.29, 0.717) is 36.0 Å². The van der Waals surface area contributed by atoms with E-state index in [1.54, 1.807) is 29.6 Å². The quantitative estimate of drug-likeness (QED) is 0.508. The van der Waals surface area contributed by atoms with E-state index < -0.39 is 24.0 Å². The standard InChI is InChI=1S/C23H22F3N3O4/c1-14-18(28-21(33-14)16-5-3-2-4-6-16)11-12-32-17-9-7-15(8-10-17)13-19(20(27)30)29-22(31)23(24,25)26/h2-10,19H,11-13H2,1H3,(H2,27,30)(H,29,31). The van der Waals surface area contributed by atoms with Crippen LogP contribution in [-0.4, -0.2) is 35.6 Å². The number of halogens is 3. The zero-order valence-corrected chi connectivity index (χ0v) is 17.7. The molecule has 1 atom stereocenters. The summed E-state index contributed by atoms with van der Waals surface area (Å²) in [5.74, 6) is -1.52. The number of hydrogen-bond donors (Lipinski definition) is 2. The summed E-state index contributed by atoms with van der Waals surface area (Å²) in [7, 11) is 0.